The normalized spacial score (nSPS) is 21.3. The monoisotopic (exact) mass is 614 g/mol. The van der Waals surface area contributed by atoms with Crippen molar-refractivity contribution in [3.63, 3.8) is 0 Å². The van der Waals surface area contributed by atoms with Gasteiger partial charge in [-0.3, -0.25) is 4.79 Å². The molecule has 3 aromatic rings. The van der Waals surface area contributed by atoms with Gasteiger partial charge in [0.05, 0.1) is 17.2 Å². The number of nitrogens with two attached hydrogens (primary N) is 1. The number of nitrogens with one attached hydrogen (secondary N) is 1. The molecule has 2 aliphatic rings. The van der Waals surface area contributed by atoms with E-state index in [-0.39, 0.29) is 48.4 Å². The lowest BCUT2D eigenvalue weighted by Gasteiger charge is -2.39. The number of hydrogen-bond donors (Lipinski definition) is 2. The van der Waals surface area contributed by atoms with Gasteiger partial charge in [-0.05, 0) is 36.5 Å². The highest BCUT2D eigenvalue weighted by Crippen LogP contribution is 2.50. The molecule has 1 saturated carbocycles. The number of carbonyl (C=O) groups is 1. The number of alkyl halides is 4. The summed E-state index contributed by atoms with van der Waals surface area (Å²) in [4.78, 5) is 12.3. The Morgan fingerprint density at radius 1 is 1.07 bits per heavy atom. The maximum atomic E-state index is 15.7. The summed E-state index contributed by atoms with van der Waals surface area (Å²) in [6.45, 7) is -6.11. The standard InChI is InChI=1S/C29H25ClF6N2O4/c30-24-19(31)10-21-18(22(24)23-17(26(37)39)6-7-20(25(23)32)41-28(35)36)11-29(42-21,15-4-2-1-3-5-15)13-38-16-8-14(9-16)12-40-27(33)34/h1-7,10,14,16,27-28,38H,8-9,11-13H2,(H2,37,39). The first-order valence-corrected chi connectivity index (χ1v) is 13.3. The zero-order valence-electron chi connectivity index (χ0n) is 21.8. The van der Waals surface area contributed by atoms with Gasteiger partial charge in [-0.25, -0.2) is 8.78 Å². The smallest absolute Gasteiger partial charge is 0.387 e. The van der Waals surface area contributed by atoms with Crippen LogP contribution in [0.25, 0.3) is 11.1 Å². The molecule has 0 aromatic heterocycles. The van der Waals surface area contributed by atoms with E-state index in [2.05, 4.69) is 14.8 Å². The first-order valence-electron chi connectivity index (χ1n) is 12.9. The van der Waals surface area contributed by atoms with Crippen molar-refractivity contribution < 1.29 is 45.3 Å². The van der Waals surface area contributed by atoms with E-state index >= 15 is 8.78 Å². The Hall–Kier alpha value is -3.48. The largest absolute Gasteiger partial charge is 0.480 e. The molecule has 1 heterocycles. The second-order valence-corrected chi connectivity index (χ2v) is 10.6. The third-order valence-corrected chi connectivity index (χ3v) is 7.93. The average Bonchev–Trinajstić information content (AvgIpc) is 3.28. The Kier molecular flexibility index (Phi) is 8.58. The summed E-state index contributed by atoms with van der Waals surface area (Å²) < 4.78 is 96.7. The summed E-state index contributed by atoms with van der Waals surface area (Å²) in [6, 6.07) is 11.7. The van der Waals surface area contributed by atoms with Crippen molar-refractivity contribution in [2.75, 3.05) is 13.2 Å². The van der Waals surface area contributed by atoms with Crippen LogP contribution < -0.4 is 20.5 Å². The fraction of sp³-hybridized carbons (Fsp3) is 0.345. The van der Waals surface area contributed by atoms with Gasteiger partial charge in [0.15, 0.2) is 17.2 Å². The number of ether oxygens (including phenoxy) is 3. The van der Waals surface area contributed by atoms with E-state index in [1.54, 1.807) is 30.3 Å². The van der Waals surface area contributed by atoms with Crippen molar-refractivity contribution in [3.05, 3.63) is 81.9 Å². The molecular formula is C29H25ClF6N2O4. The second kappa shape index (κ2) is 12.0. The molecule has 1 atom stereocenters. The molecule has 1 aliphatic heterocycles. The number of benzene rings is 3. The van der Waals surface area contributed by atoms with Crippen molar-refractivity contribution in [2.24, 2.45) is 11.7 Å². The lowest BCUT2D eigenvalue weighted by Crippen LogP contribution is -2.50. The summed E-state index contributed by atoms with van der Waals surface area (Å²) in [5.41, 5.74) is 3.92. The van der Waals surface area contributed by atoms with Crippen LogP contribution in [-0.4, -0.2) is 38.3 Å². The van der Waals surface area contributed by atoms with Crippen LogP contribution >= 0.6 is 11.6 Å². The van der Waals surface area contributed by atoms with E-state index in [4.69, 9.17) is 22.1 Å². The number of fused-ring (bicyclic) bond motifs is 1. The molecular weight excluding hydrogens is 590 g/mol. The summed E-state index contributed by atoms with van der Waals surface area (Å²) in [5.74, 6) is -4.40. The molecule has 1 unspecified atom stereocenters. The Morgan fingerprint density at radius 2 is 1.79 bits per heavy atom. The van der Waals surface area contributed by atoms with Gasteiger partial charge in [0.25, 0.3) is 0 Å². The molecule has 13 heteroatoms. The number of carbonyl (C=O) groups excluding carboxylic acids is 1. The van der Waals surface area contributed by atoms with Crippen LogP contribution in [0.5, 0.6) is 11.5 Å². The van der Waals surface area contributed by atoms with Crippen molar-refractivity contribution in [1.29, 1.82) is 0 Å². The van der Waals surface area contributed by atoms with Crippen molar-refractivity contribution in [1.82, 2.24) is 5.32 Å². The molecule has 0 spiro atoms. The fourth-order valence-electron chi connectivity index (χ4n) is 5.55. The number of amides is 1. The van der Waals surface area contributed by atoms with Gasteiger partial charge >= 0.3 is 13.2 Å². The van der Waals surface area contributed by atoms with Crippen LogP contribution in [0.3, 0.4) is 0 Å². The van der Waals surface area contributed by atoms with E-state index in [1.807, 2.05) is 0 Å². The number of hydrogen-bond acceptors (Lipinski definition) is 5. The summed E-state index contributed by atoms with van der Waals surface area (Å²) >= 11 is 6.37. The summed E-state index contributed by atoms with van der Waals surface area (Å²) in [6.07, 6.45) is 1.18. The van der Waals surface area contributed by atoms with Crippen molar-refractivity contribution in [2.45, 2.75) is 44.1 Å². The van der Waals surface area contributed by atoms with E-state index in [0.29, 0.717) is 18.4 Å². The molecule has 6 nitrogen and oxygen atoms in total. The van der Waals surface area contributed by atoms with Crippen LogP contribution in [0.1, 0.15) is 34.3 Å². The van der Waals surface area contributed by atoms with Crippen molar-refractivity contribution in [3.8, 4) is 22.6 Å². The number of rotatable bonds is 11. The molecule has 3 aromatic carbocycles. The minimum absolute atomic E-state index is 0.00405. The lowest BCUT2D eigenvalue weighted by molar-refractivity contribution is -0.145. The molecule has 1 fully saturated rings. The summed E-state index contributed by atoms with van der Waals surface area (Å²) in [5, 5.41) is 2.80. The minimum atomic E-state index is -3.38. The molecule has 5 rings (SSSR count). The molecule has 42 heavy (non-hydrogen) atoms. The molecule has 1 aliphatic carbocycles. The Labute approximate surface area is 241 Å². The zero-order valence-corrected chi connectivity index (χ0v) is 22.6. The van der Waals surface area contributed by atoms with Gasteiger partial charge in [0.2, 0.25) is 5.91 Å². The topological polar surface area (TPSA) is 82.8 Å². The van der Waals surface area contributed by atoms with Gasteiger partial charge in [0.1, 0.15) is 11.6 Å². The van der Waals surface area contributed by atoms with Crippen molar-refractivity contribution >= 4 is 17.5 Å². The van der Waals surface area contributed by atoms with Crippen LogP contribution in [0.2, 0.25) is 5.02 Å². The first-order chi connectivity index (χ1) is 20.0. The van der Waals surface area contributed by atoms with E-state index in [1.165, 1.54) is 0 Å². The Balaban J connectivity index is 1.54. The van der Waals surface area contributed by atoms with Crippen LogP contribution in [0.4, 0.5) is 26.3 Å². The van der Waals surface area contributed by atoms with Crippen LogP contribution in [0.15, 0.2) is 48.5 Å². The van der Waals surface area contributed by atoms with Gasteiger partial charge < -0.3 is 25.3 Å². The highest BCUT2D eigenvalue weighted by atomic mass is 35.5. The second-order valence-electron chi connectivity index (χ2n) is 10.2. The lowest BCUT2D eigenvalue weighted by atomic mass is 9.79. The molecule has 0 radical (unpaired) electrons. The van der Waals surface area contributed by atoms with Gasteiger partial charge in [-0.15, -0.1) is 0 Å². The predicted molar refractivity (Wildman–Crippen MR) is 141 cm³/mol. The molecule has 0 saturated heterocycles. The van der Waals surface area contributed by atoms with Gasteiger partial charge in [-0.1, -0.05) is 41.9 Å². The van der Waals surface area contributed by atoms with E-state index in [9.17, 15) is 22.4 Å². The zero-order chi connectivity index (χ0) is 30.2. The molecule has 224 valence electrons. The minimum Gasteiger partial charge on any atom is -0.480 e. The molecule has 1 amide bonds. The highest BCUT2D eigenvalue weighted by Gasteiger charge is 2.45. The average molecular weight is 615 g/mol. The van der Waals surface area contributed by atoms with E-state index in [0.717, 1.165) is 18.2 Å². The predicted octanol–water partition coefficient (Wildman–Crippen LogP) is 6.42. The maximum absolute atomic E-state index is 15.7. The highest BCUT2D eigenvalue weighted by molar-refractivity contribution is 6.34. The molecule has 0 bridgehead atoms. The first kappa shape index (κ1) is 30.0. The van der Waals surface area contributed by atoms with Crippen LogP contribution in [-0.2, 0) is 16.8 Å². The quantitative estimate of drug-likeness (QED) is 0.244. The Morgan fingerprint density at radius 3 is 2.43 bits per heavy atom. The van der Waals surface area contributed by atoms with Gasteiger partial charge in [-0.2, -0.15) is 17.6 Å². The maximum Gasteiger partial charge on any atom is 0.387 e. The third-order valence-electron chi connectivity index (χ3n) is 7.56. The fourth-order valence-corrected chi connectivity index (χ4v) is 5.82. The molecule has 3 N–H and O–H groups in total. The number of halogens is 7. The summed E-state index contributed by atoms with van der Waals surface area (Å²) in [7, 11) is 0. The Bertz CT molecular complexity index is 1470. The van der Waals surface area contributed by atoms with Crippen LogP contribution in [0, 0.1) is 17.6 Å². The van der Waals surface area contributed by atoms with E-state index < -0.39 is 58.3 Å². The van der Waals surface area contributed by atoms with Gasteiger partial charge in [0, 0.05) is 41.8 Å². The SMILES string of the molecule is NC(=O)c1ccc(OC(F)F)c(F)c1-c1c(Cl)c(F)cc2c1CC(CNC1CC(COC(F)F)C1)(c1ccccc1)O2. The third kappa shape index (κ3) is 5.88. The number of primary amides is 1.